The Bertz CT molecular complexity index is 434. The Morgan fingerprint density at radius 3 is 1.87 bits per heavy atom. The van der Waals surface area contributed by atoms with Crippen molar-refractivity contribution in [3.05, 3.63) is 10.6 Å². The van der Waals surface area contributed by atoms with Gasteiger partial charge in [-0.25, -0.2) is 0 Å². The lowest BCUT2D eigenvalue weighted by Gasteiger charge is -2.28. The summed E-state index contributed by atoms with van der Waals surface area (Å²) in [5.74, 6) is 0.373. The number of nitrogens with one attached hydrogen (secondary N) is 1. The van der Waals surface area contributed by atoms with Crippen molar-refractivity contribution < 1.29 is 13.3 Å². The van der Waals surface area contributed by atoms with E-state index in [0.29, 0.717) is 32.3 Å². The molecule has 1 aromatic rings. The van der Waals surface area contributed by atoms with Gasteiger partial charge in [0.25, 0.3) is 0 Å². The number of aromatic nitrogens is 3. The zero-order chi connectivity index (χ0) is 17.1. The van der Waals surface area contributed by atoms with Gasteiger partial charge < -0.3 is 18.6 Å². The summed E-state index contributed by atoms with van der Waals surface area (Å²) in [6, 6.07) is 0.781. The van der Waals surface area contributed by atoms with Gasteiger partial charge in [0.05, 0.1) is 0 Å². The quantitative estimate of drug-likeness (QED) is 0.438. The highest BCUT2D eigenvalue weighted by Gasteiger charge is 2.39. The van der Waals surface area contributed by atoms with E-state index in [4.69, 9.17) is 36.5 Å². The number of anilines is 1. The van der Waals surface area contributed by atoms with Crippen LogP contribution >= 0.6 is 23.2 Å². The van der Waals surface area contributed by atoms with Crippen LogP contribution in [0.4, 0.5) is 5.95 Å². The summed E-state index contributed by atoms with van der Waals surface area (Å²) in [5.41, 5.74) is 0. The Morgan fingerprint density at radius 2 is 1.39 bits per heavy atom. The molecule has 0 aliphatic carbocycles. The van der Waals surface area contributed by atoms with Gasteiger partial charge in [-0.2, -0.15) is 15.0 Å². The van der Waals surface area contributed by atoms with E-state index in [1.807, 2.05) is 20.8 Å². The zero-order valence-corrected chi connectivity index (χ0v) is 16.3. The van der Waals surface area contributed by atoms with E-state index in [-0.39, 0.29) is 10.6 Å². The van der Waals surface area contributed by atoms with Crippen LogP contribution in [-0.2, 0) is 13.3 Å². The van der Waals surface area contributed by atoms with E-state index in [2.05, 4.69) is 20.3 Å². The van der Waals surface area contributed by atoms with Gasteiger partial charge in [-0.3, -0.25) is 0 Å². The fraction of sp³-hybridized carbons (Fsp3) is 0.769. The van der Waals surface area contributed by atoms with E-state index < -0.39 is 8.80 Å². The van der Waals surface area contributed by atoms with Crippen LogP contribution in [0.5, 0.6) is 0 Å². The molecule has 0 atom stereocenters. The average molecular weight is 383 g/mol. The summed E-state index contributed by atoms with van der Waals surface area (Å²) < 4.78 is 17.4. The number of halogens is 2. The molecule has 10 heteroatoms. The number of hydrogen-bond donors (Lipinski definition) is 1. The third-order valence-electron chi connectivity index (χ3n) is 2.87. The van der Waals surface area contributed by atoms with E-state index in [0.717, 1.165) is 18.9 Å². The van der Waals surface area contributed by atoms with Gasteiger partial charge in [0.1, 0.15) is 0 Å². The molecule has 0 saturated carbocycles. The molecule has 0 aliphatic heterocycles. The summed E-state index contributed by atoms with van der Waals surface area (Å²) in [6.07, 6.45) is 1.80. The molecule has 7 nitrogen and oxygen atoms in total. The Morgan fingerprint density at radius 1 is 0.870 bits per heavy atom. The summed E-state index contributed by atoms with van der Waals surface area (Å²) in [5, 5.41) is 3.21. The molecular weight excluding hydrogens is 359 g/mol. The van der Waals surface area contributed by atoms with Crippen LogP contribution in [0.1, 0.15) is 33.6 Å². The van der Waals surface area contributed by atoms with Crippen LogP contribution in [0.15, 0.2) is 0 Å². The molecule has 1 heterocycles. The Labute approximate surface area is 148 Å². The molecule has 0 amide bonds. The largest absolute Gasteiger partial charge is 0.500 e. The maximum atomic E-state index is 5.81. The van der Waals surface area contributed by atoms with Gasteiger partial charge in [0.2, 0.25) is 16.5 Å². The molecule has 132 valence electrons. The predicted molar refractivity (Wildman–Crippen MR) is 93.0 cm³/mol. The minimum atomic E-state index is -2.55. The highest BCUT2D eigenvalue weighted by atomic mass is 35.5. The average Bonchev–Trinajstić information content (AvgIpc) is 2.47. The summed E-state index contributed by atoms with van der Waals surface area (Å²) in [7, 11) is -2.55. The first-order valence-corrected chi connectivity index (χ1v) is 10.5. The zero-order valence-electron chi connectivity index (χ0n) is 13.8. The van der Waals surface area contributed by atoms with Crippen molar-refractivity contribution in [2.24, 2.45) is 0 Å². The predicted octanol–water partition coefficient (Wildman–Crippen LogP) is 3.42. The second kappa shape index (κ2) is 11.1. The molecule has 0 fully saturated rings. The van der Waals surface area contributed by atoms with Crippen molar-refractivity contribution in [3.8, 4) is 0 Å². The van der Waals surface area contributed by atoms with Crippen molar-refractivity contribution in [3.63, 3.8) is 0 Å². The molecule has 1 rings (SSSR count). The Balaban J connectivity index is 2.40. The van der Waals surface area contributed by atoms with Gasteiger partial charge in [-0.05, 0) is 56.8 Å². The lowest BCUT2D eigenvalue weighted by Crippen LogP contribution is -2.45. The van der Waals surface area contributed by atoms with Crippen molar-refractivity contribution in [1.29, 1.82) is 0 Å². The van der Waals surface area contributed by atoms with Crippen LogP contribution in [0.25, 0.3) is 0 Å². The smallest absolute Gasteiger partial charge is 0.374 e. The monoisotopic (exact) mass is 382 g/mol. The molecule has 1 aromatic heterocycles. The minimum Gasteiger partial charge on any atom is -0.374 e. The van der Waals surface area contributed by atoms with Crippen LogP contribution < -0.4 is 5.32 Å². The van der Waals surface area contributed by atoms with E-state index in [9.17, 15) is 0 Å². The standard InChI is InChI=1S/C13H24Cl2N4O3Si/c1-4-20-23(21-5-2,22-6-3)10-8-7-9-16-13-18-11(14)17-12(15)19-13/h4-10H2,1-3H3,(H,16,17,18,19). The van der Waals surface area contributed by atoms with E-state index >= 15 is 0 Å². The van der Waals surface area contributed by atoms with Crippen LogP contribution in [-0.4, -0.2) is 50.1 Å². The summed E-state index contributed by atoms with van der Waals surface area (Å²) in [4.78, 5) is 11.6. The van der Waals surface area contributed by atoms with Gasteiger partial charge in [-0.15, -0.1) is 0 Å². The van der Waals surface area contributed by atoms with Gasteiger partial charge in [0, 0.05) is 32.4 Å². The van der Waals surface area contributed by atoms with Crippen LogP contribution in [0.3, 0.4) is 0 Å². The number of hydrogen-bond acceptors (Lipinski definition) is 7. The Hall–Kier alpha value is -0.513. The lowest BCUT2D eigenvalue weighted by molar-refractivity contribution is 0.0707. The minimum absolute atomic E-state index is 0.0722. The highest BCUT2D eigenvalue weighted by molar-refractivity contribution is 6.60. The number of unbranched alkanes of at least 4 members (excludes halogenated alkanes) is 1. The fourth-order valence-corrected chi connectivity index (χ4v) is 5.12. The molecule has 0 unspecified atom stereocenters. The highest BCUT2D eigenvalue weighted by Crippen LogP contribution is 2.19. The van der Waals surface area contributed by atoms with E-state index in [1.165, 1.54) is 0 Å². The molecule has 0 spiro atoms. The van der Waals surface area contributed by atoms with Gasteiger partial charge in [-0.1, -0.05) is 0 Å². The van der Waals surface area contributed by atoms with Crippen molar-refractivity contribution >= 4 is 38.0 Å². The lowest BCUT2D eigenvalue weighted by atomic mass is 10.3. The second-order valence-corrected chi connectivity index (χ2v) is 7.97. The second-order valence-electron chi connectivity index (χ2n) is 4.56. The normalized spacial score (nSPS) is 11.7. The first-order chi connectivity index (χ1) is 11.0. The number of nitrogens with zero attached hydrogens (tertiary/aromatic N) is 3. The first-order valence-electron chi connectivity index (χ1n) is 7.78. The number of rotatable bonds is 12. The Kier molecular flexibility index (Phi) is 9.92. The molecule has 1 N–H and O–H groups in total. The molecule has 23 heavy (non-hydrogen) atoms. The topological polar surface area (TPSA) is 78.4 Å². The van der Waals surface area contributed by atoms with Crippen molar-refractivity contribution in [2.75, 3.05) is 31.7 Å². The van der Waals surface area contributed by atoms with Crippen LogP contribution in [0, 0.1) is 0 Å². The van der Waals surface area contributed by atoms with Crippen molar-refractivity contribution in [2.45, 2.75) is 39.7 Å². The van der Waals surface area contributed by atoms with E-state index in [1.54, 1.807) is 0 Å². The van der Waals surface area contributed by atoms with Gasteiger partial charge in [0.15, 0.2) is 0 Å². The van der Waals surface area contributed by atoms with Gasteiger partial charge >= 0.3 is 8.80 Å². The molecule has 0 aromatic carbocycles. The molecule has 0 saturated heterocycles. The molecule has 0 aliphatic rings. The first kappa shape index (κ1) is 20.5. The van der Waals surface area contributed by atoms with Crippen LogP contribution in [0.2, 0.25) is 16.6 Å². The fourth-order valence-electron chi connectivity index (χ4n) is 2.07. The summed E-state index contributed by atoms with van der Waals surface area (Å²) in [6.45, 7) is 8.32. The third-order valence-corrected chi connectivity index (χ3v) is 6.36. The maximum absolute atomic E-state index is 5.81. The molecule has 0 radical (unpaired) electrons. The molecular formula is C13H24Cl2N4O3Si. The van der Waals surface area contributed by atoms with Crippen molar-refractivity contribution in [1.82, 2.24) is 15.0 Å². The molecule has 0 bridgehead atoms. The maximum Gasteiger partial charge on any atom is 0.500 e. The SMILES string of the molecule is CCO[Si](CCCCNc1nc(Cl)nc(Cl)n1)(OCC)OCC. The summed E-state index contributed by atoms with van der Waals surface area (Å²) >= 11 is 11.4. The third kappa shape index (κ3) is 7.73.